The van der Waals surface area contributed by atoms with Crippen molar-refractivity contribution in [3.63, 3.8) is 0 Å². The Morgan fingerprint density at radius 1 is 1.17 bits per heavy atom. The summed E-state index contributed by atoms with van der Waals surface area (Å²) in [5, 5.41) is 10.5. The normalized spacial score (nSPS) is 13.9. The van der Waals surface area contributed by atoms with E-state index >= 15 is 0 Å². The molecule has 0 radical (unpaired) electrons. The smallest absolute Gasteiger partial charge is 0.304 e. The number of ether oxygens (including phenoxy) is 1. The van der Waals surface area contributed by atoms with E-state index in [-0.39, 0.29) is 12.3 Å². The van der Waals surface area contributed by atoms with Crippen molar-refractivity contribution in [2.24, 2.45) is 0 Å². The quantitative estimate of drug-likeness (QED) is 0.401. The first kappa shape index (κ1) is 24.8. The zero-order chi connectivity index (χ0) is 24.8. The fourth-order valence-electron chi connectivity index (χ4n) is 4.37. The zero-order valence-corrected chi connectivity index (χ0v) is 21.4. The number of carbonyl (C=O) groups is 1. The molecule has 5 nitrogen and oxygen atoms in total. The van der Waals surface area contributed by atoms with E-state index in [4.69, 9.17) is 9.84 Å². The molecule has 4 rings (SSSR count). The molecule has 2 aromatic carbocycles. The molecule has 0 aliphatic carbocycles. The Morgan fingerprint density at radius 2 is 1.94 bits per heavy atom. The summed E-state index contributed by atoms with van der Waals surface area (Å²) in [6.07, 6.45) is 1.11. The second-order valence-electron chi connectivity index (χ2n) is 9.11. The van der Waals surface area contributed by atoms with Gasteiger partial charge in [-0.05, 0) is 53.8 Å². The minimum atomic E-state index is -0.850. The molecule has 35 heavy (non-hydrogen) atoms. The van der Waals surface area contributed by atoms with Crippen LogP contribution in [0.2, 0.25) is 0 Å². The van der Waals surface area contributed by atoms with E-state index in [1.165, 1.54) is 21.0 Å². The maximum absolute atomic E-state index is 11.1. The molecule has 0 saturated heterocycles. The first-order valence-corrected chi connectivity index (χ1v) is 12.7. The lowest BCUT2D eigenvalue weighted by Crippen LogP contribution is -2.29. The van der Waals surface area contributed by atoms with E-state index in [1.54, 1.807) is 6.92 Å². The molecule has 1 aromatic heterocycles. The van der Waals surface area contributed by atoms with Gasteiger partial charge in [-0.3, -0.25) is 9.69 Å². The lowest BCUT2D eigenvalue weighted by Gasteiger charge is -2.26. The summed E-state index contributed by atoms with van der Waals surface area (Å²) in [7, 11) is 4.21. The monoisotopic (exact) mass is 488 g/mol. The van der Waals surface area contributed by atoms with Crippen molar-refractivity contribution in [3.05, 3.63) is 81.7 Å². The van der Waals surface area contributed by atoms with Gasteiger partial charge >= 0.3 is 5.97 Å². The molecule has 0 saturated carbocycles. The number of nitrogens with zero attached hydrogens (tertiary/aromatic N) is 2. The van der Waals surface area contributed by atoms with Gasteiger partial charge in [0.2, 0.25) is 0 Å². The van der Waals surface area contributed by atoms with Gasteiger partial charge < -0.3 is 14.7 Å². The topological polar surface area (TPSA) is 53.0 Å². The van der Waals surface area contributed by atoms with Gasteiger partial charge in [0.1, 0.15) is 12.4 Å². The summed E-state index contributed by atoms with van der Waals surface area (Å²) < 4.78 is 6.02. The van der Waals surface area contributed by atoms with E-state index in [1.807, 2.05) is 35.6 Å². The number of carboxylic acid groups (broad SMARTS) is 1. The van der Waals surface area contributed by atoms with Crippen LogP contribution in [-0.4, -0.2) is 36.6 Å². The van der Waals surface area contributed by atoms with Gasteiger partial charge in [-0.1, -0.05) is 42.3 Å². The molecule has 2 heterocycles. The van der Waals surface area contributed by atoms with E-state index < -0.39 is 5.97 Å². The molecule has 1 unspecified atom stereocenters. The van der Waals surface area contributed by atoms with Crippen LogP contribution in [0.1, 0.15) is 46.4 Å². The maximum Gasteiger partial charge on any atom is 0.304 e. The minimum Gasteiger partial charge on any atom is -0.489 e. The van der Waals surface area contributed by atoms with Crippen LogP contribution in [0.4, 0.5) is 5.00 Å². The average Bonchev–Trinajstić information content (AvgIpc) is 3.27. The molecular formula is C29H32N2O3S. The van der Waals surface area contributed by atoms with Crippen molar-refractivity contribution in [2.45, 2.75) is 45.4 Å². The van der Waals surface area contributed by atoms with Gasteiger partial charge in [0, 0.05) is 38.6 Å². The Labute approximate surface area is 212 Å². The lowest BCUT2D eigenvalue weighted by molar-refractivity contribution is -0.137. The number of anilines is 1. The zero-order valence-electron chi connectivity index (χ0n) is 20.6. The van der Waals surface area contributed by atoms with E-state index in [2.05, 4.69) is 66.1 Å². The number of hydrogen-bond acceptors (Lipinski definition) is 5. The van der Waals surface area contributed by atoms with Crippen LogP contribution in [0.15, 0.2) is 54.6 Å². The third kappa shape index (κ3) is 6.66. The Kier molecular flexibility index (Phi) is 8.12. The summed E-state index contributed by atoms with van der Waals surface area (Å²) in [5.41, 5.74) is 4.78. The number of benzene rings is 2. The van der Waals surface area contributed by atoms with Crippen LogP contribution in [0.3, 0.4) is 0 Å². The fourth-order valence-corrected chi connectivity index (χ4v) is 5.46. The SMILES string of the molecule is CC#CC(CC(=O)O)c1ccc(OCc2cccc(CN3CCc4sc(N(C)C)cc4C3)c2)cc1. The summed E-state index contributed by atoms with van der Waals surface area (Å²) in [4.78, 5) is 17.3. The molecule has 0 fully saturated rings. The number of fused-ring (bicyclic) bond motifs is 1. The van der Waals surface area contributed by atoms with Crippen LogP contribution in [0.25, 0.3) is 0 Å². The predicted molar refractivity (Wildman–Crippen MR) is 142 cm³/mol. The van der Waals surface area contributed by atoms with Crippen LogP contribution < -0.4 is 9.64 Å². The van der Waals surface area contributed by atoms with Crippen LogP contribution in [0.5, 0.6) is 5.75 Å². The maximum atomic E-state index is 11.1. The molecule has 0 bridgehead atoms. The minimum absolute atomic E-state index is 0.00457. The first-order chi connectivity index (χ1) is 16.9. The number of hydrogen-bond donors (Lipinski definition) is 1. The number of carboxylic acids is 1. The predicted octanol–water partition coefficient (Wildman–Crippen LogP) is 5.53. The van der Waals surface area contributed by atoms with Crippen LogP contribution in [-0.2, 0) is 30.9 Å². The van der Waals surface area contributed by atoms with E-state index in [0.717, 1.165) is 42.9 Å². The average molecular weight is 489 g/mol. The van der Waals surface area contributed by atoms with Gasteiger partial charge in [-0.2, -0.15) is 0 Å². The Morgan fingerprint density at radius 3 is 2.66 bits per heavy atom. The Balaban J connectivity index is 1.34. The molecule has 1 atom stereocenters. The summed E-state index contributed by atoms with van der Waals surface area (Å²) in [5.74, 6) is 5.41. The fraction of sp³-hybridized carbons (Fsp3) is 0.345. The van der Waals surface area contributed by atoms with Crippen molar-refractivity contribution in [3.8, 4) is 17.6 Å². The van der Waals surface area contributed by atoms with Crippen molar-refractivity contribution in [1.82, 2.24) is 4.90 Å². The largest absolute Gasteiger partial charge is 0.489 e. The van der Waals surface area contributed by atoms with Crippen LogP contribution >= 0.6 is 11.3 Å². The summed E-state index contributed by atoms with van der Waals surface area (Å²) in [6.45, 7) is 5.22. The van der Waals surface area contributed by atoms with Gasteiger partial charge in [0.25, 0.3) is 0 Å². The molecule has 182 valence electrons. The Bertz CT molecular complexity index is 1220. The van der Waals surface area contributed by atoms with E-state index in [9.17, 15) is 4.79 Å². The van der Waals surface area contributed by atoms with Crippen molar-refractivity contribution in [2.75, 3.05) is 25.5 Å². The highest BCUT2D eigenvalue weighted by Crippen LogP contribution is 2.33. The van der Waals surface area contributed by atoms with Crippen molar-refractivity contribution >= 4 is 22.3 Å². The molecule has 6 heteroatoms. The highest BCUT2D eigenvalue weighted by atomic mass is 32.1. The molecule has 3 aromatic rings. The molecule has 1 N–H and O–H groups in total. The standard InChI is InChI=1S/C29H32N2O3S/c1-4-6-24(17-29(32)33)23-9-11-26(12-10-23)34-20-22-8-5-7-21(15-22)18-31-14-13-27-25(19-31)16-28(35-27)30(2)3/h5,7-12,15-16,24H,13-14,17-20H2,1-3H3,(H,32,33). The highest BCUT2D eigenvalue weighted by molar-refractivity contribution is 7.16. The number of thiophene rings is 1. The number of rotatable bonds is 9. The van der Waals surface area contributed by atoms with Crippen molar-refractivity contribution in [1.29, 1.82) is 0 Å². The molecule has 0 amide bonds. The second-order valence-corrected chi connectivity index (χ2v) is 10.2. The molecule has 0 spiro atoms. The summed E-state index contributed by atoms with van der Waals surface area (Å²) in [6, 6.07) is 18.5. The highest BCUT2D eigenvalue weighted by Gasteiger charge is 2.20. The third-order valence-corrected chi connectivity index (χ3v) is 7.56. The molecule has 1 aliphatic rings. The first-order valence-electron chi connectivity index (χ1n) is 11.9. The van der Waals surface area contributed by atoms with Gasteiger partial charge in [-0.25, -0.2) is 0 Å². The molecule has 1 aliphatic heterocycles. The molecular weight excluding hydrogens is 456 g/mol. The van der Waals surface area contributed by atoms with Gasteiger partial charge in [0.15, 0.2) is 0 Å². The van der Waals surface area contributed by atoms with Gasteiger partial charge in [0.05, 0.1) is 17.3 Å². The van der Waals surface area contributed by atoms with Crippen molar-refractivity contribution < 1.29 is 14.6 Å². The summed E-state index contributed by atoms with van der Waals surface area (Å²) >= 11 is 1.92. The third-order valence-electron chi connectivity index (χ3n) is 6.16. The lowest BCUT2D eigenvalue weighted by atomic mass is 9.96. The number of aliphatic carboxylic acids is 1. The van der Waals surface area contributed by atoms with E-state index in [0.29, 0.717) is 6.61 Å². The second kappa shape index (κ2) is 11.4. The van der Waals surface area contributed by atoms with Gasteiger partial charge in [-0.15, -0.1) is 17.3 Å². The Hall–Kier alpha value is -3.27. The van der Waals surface area contributed by atoms with Crippen LogP contribution in [0, 0.1) is 11.8 Å².